The number of likely N-dealkylation sites (N-methyl/N-ethyl adjacent to an activating group) is 2. The molecule has 0 bridgehead atoms. The van der Waals surface area contributed by atoms with Crippen molar-refractivity contribution in [2.75, 3.05) is 54.5 Å². The lowest BCUT2D eigenvalue weighted by atomic mass is 9.78. The summed E-state index contributed by atoms with van der Waals surface area (Å²) in [5.41, 5.74) is -0.228. The standard InChI is InChI=1S/C34H56N4O7/c1-21-13-28(42-9)30(45-32-29(39)26(36(6)7)14-22(2)44-32)23(3)31(40)34(4,5)33(41)43-20-27(37(8)16-21)25-18-38(19-25)17-24-11-10-12-35-15-24/h10-12,15,21-23,25-30,32,39H,13-14,16-20H2,1-9H3/t21-,22-,23-,26+,27+,28-,29-,30-,32+/m1/s1. The Balaban J connectivity index is 1.55. The fraction of sp³-hybridized carbons (Fsp3) is 0.794. The number of ether oxygens (including phenoxy) is 4. The number of carbonyl (C=O) groups is 2. The highest BCUT2D eigenvalue weighted by Gasteiger charge is 2.48. The molecule has 11 heteroatoms. The third kappa shape index (κ3) is 8.49. The number of hydrogen-bond acceptors (Lipinski definition) is 11. The van der Waals surface area contributed by atoms with E-state index in [1.165, 1.54) is 5.56 Å². The smallest absolute Gasteiger partial charge is 0.319 e. The molecule has 4 rings (SSSR count). The molecule has 0 unspecified atom stereocenters. The van der Waals surface area contributed by atoms with E-state index in [4.69, 9.17) is 18.9 Å². The van der Waals surface area contributed by atoms with Crippen molar-refractivity contribution in [3.05, 3.63) is 30.1 Å². The van der Waals surface area contributed by atoms with Crippen molar-refractivity contribution in [1.29, 1.82) is 0 Å². The van der Waals surface area contributed by atoms with Crippen LogP contribution in [-0.2, 0) is 35.1 Å². The molecule has 1 N–H and O–H groups in total. The van der Waals surface area contributed by atoms with Crippen molar-refractivity contribution in [2.45, 2.75) is 96.8 Å². The average molecular weight is 633 g/mol. The molecule has 3 aliphatic heterocycles. The largest absolute Gasteiger partial charge is 0.463 e. The van der Waals surface area contributed by atoms with E-state index in [1.54, 1.807) is 34.1 Å². The molecular weight excluding hydrogens is 576 g/mol. The summed E-state index contributed by atoms with van der Waals surface area (Å²) in [5, 5.41) is 11.2. The van der Waals surface area contributed by atoms with Crippen LogP contribution in [0.4, 0.5) is 0 Å². The van der Waals surface area contributed by atoms with Crippen LogP contribution in [0.3, 0.4) is 0 Å². The van der Waals surface area contributed by atoms with Crippen LogP contribution >= 0.6 is 0 Å². The minimum atomic E-state index is -1.40. The summed E-state index contributed by atoms with van der Waals surface area (Å²) >= 11 is 0. The van der Waals surface area contributed by atoms with Gasteiger partial charge in [0.05, 0.1) is 18.3 Å². The number of aromatic nitrogens is 1. The predicted octanol–water partition coefficient (Wildman–Crippen LogP) is 2.45. The van der Waals surface area contributed by atoms with Gasteiger partial charge in [-0.05, 0) is 72.3 Å². The van der Waals surface area contributed by atoms with E-state index < -0.39 is 41.9 Å². The number of likely N-dealkylation sites (tertiary alicyclic amines) is 1. The highest BCUT2D eigenvalue weighted by atomic mass is 16.7. The summed E-state index contributed by atoms with van der Waals surface area (Å²) in [7, 11) is 7.56. The van der Waals surface area contributed by atoms with E-state index >= 15 is 0 Å². The maximum Gasteiger partial charge on any atom is 0.319 e. The molecule has 45 heavy (non-hydrogen) atoms. The Hall–Kier alpha value is -1.99. The molecule has 254 valence electrons. The number of methoxy groups -OCH3 is 1. The number of carbonyl (C=O) groups excluding carboxylic acids is 2. The van der Waals surface area contributed by atoms with Crippen molar-refractivity contribution in [1.82, 2.24) is 19.7 Å². The lowest BCUT2D eigenvalue weighted by Gasteiger charge is -2.46. The number of esters is 1. The molecule has 3 aliphatic rings. The van der Waals surface area contributed by atoms with Crippen LogP contribution in [-0.4, -0.2) is 134 Å². The Morgan fingerprint density at radius 1 is 1.13 bits per heavy atom. The molecular formula is C34H56N4O7. The molecule has 0 radical (unpaired) electrons. The van der Waals surface area contributed by atoms with Crippen LogP contribution < -0.4 is 0 Å². The molecule has 0 saturated carbocycles. The molecule has 3 fully saturated rings. The number of aliphatic hydroxyl groups is 1. The fourth-order valence-electron chi connectivity index (χ4n) is 7.32. The van der Waals surface area contributed by atoms with Gasteiger partial charge in [0.1, 0.15) is 18.1 Å². The quantitative estimate of drug-likeness (QED) is 0.353. The van der Waals surface area contributed by atoms with E-state index in [0.717, 1.165) is 26.2 Å². The monoisotopic (exact) mass is 632 g/mol. The summed E-state index contributed by atoms with van der Waals surface area (Å²) in [6.07, 6.45) is 1.74. The third-order valence-electron chi connectivity index (χ3n) is 10.1. The Bertz CT molecular complexity index is 1120. The average Bonchev–Trinajstić information content (AvgIpc) is 2.97. The molecule has 4 heterocycles. The van der Waals surface area contributed by atoms with Crippen LogP contribution in [0.15, 0.2) is 24.5 Å². The van der Waals surface area contributed by atoms with Crippen LogP contribution in [0.1, 0.15) is 53.0 Å². The van der Waals surface area contributed by atoms with Gasteiger partial charge in [0, 0.05) is 69.6 Å². The van der Waals surface area contributed by atoms with E-state index in [0.29, 0.717) is 18.8 Å². The van der Waals surface area contributed by atoms with Crippen molar-refractivity contribution in [3.63, 3.8) is 0 Å². The van der Waals surface area contributed by atoms with Crippen molar-refractivity contribution < 1.29 is 33.6 Å². The fourth-order valence-corrected chi connectivity index (χ4v) is 7.32. The second-order valence-electron chi connectivity index (χ2n) is 14.5. The number of cyclic esters (lactones) is 1. The minimum absolute atomic E-state index is 0.00825. The first kappa shape index (κ1) is 35.9. The van der Waals surface area contributed by atoms with Gasteiger partial charge >= 0.3 is 5.97 Å². The molecule has 0 spiro atoms. The first-order chi connectivity index (χ1) is 21.2. The van der Waals surface area contributed by atoms with E-state index in [-0.39, 0.29) is 36.5 Å². The zero-order valence-corrected chi connectivity index (χ0v) is 28.7. The Morgan fingerprint density at radius 3 is 2.47 bits per heavy atom. The van der Waals surface area contributed by atoms with Crippen LogP contribution in [0.25, 0.3) is 0 Å². The molecule has 3 saturated heterocycles. The number of nitrogens with zero attached hydrogens (tertiary/aromatic N) is 4. The summed E-state index contributed by atoms with van der Waals surface area (Å²) in [6.45, 7) is 12.8. The molecule has 11 nitrogen and oxygen atoms in total. The third-order valence-corrected chi connectivity index (χ3v) is 10.1. The number of aliphatic hydroxyl groups excluding tert-OH is 1. The second-order valence-corrected chi connectivity index (χ2v) is 14.5. The van der Waals surface area contributed by atoms with E-state index in [1.807, 2.05) is 38.2 Å². The lowest BCUT2D eigenvalue weighted by molar-refractivity contribution is -0.284. The van der Waals surface area contributed by atoms with Crippen molar-refractivity contribution in [3.8, 4) is 0 Å². The second kappa shape index (κ2) is 15.3. The first-order valence-electron chi connectivity index (χ1n) is 16.4. The first-order valence-corrected chi connectivity index (χ1v) is 16.4. The van der Waals surface area contributed by atoms with Crippen molar-refractivity contribution in [2.24, 2.45) is 23.2 Å². The highest BCUT2D eigenvalue weighted by molar-refractivity contribution is 6.04. The zero-order valence-electron chi connectivity index (χ0n) is 28.7. The summed E-state index contributed by atoms with van der Waals surface area (Å²) in [5.74, 6) is -1.06. The van der Waals surface area contributed by atoms with Gasteiger partial charge in [0.2, 0.25) is 0 Å². The molecule has 9 atom stereocenters. The number of hydrogen-bond donors (Lipinski definition) is 1. The maximum absolute atomic E-state index is 14.1. The van der Waals surface area contributed by atoms with Gasteiger partial charge in [0.15, 0.2) is 12.1 Å². The predicted molar refractivity (Wildman–Crippen MR) is 170 cm³/mol. The minimum Gasteiger partial charge on any atom is -0.463 e. The Labute approximate surface area is 269 Å². The van der Waals surface area contributed by atoms with Crippen molar-refractivity contribution >= 4 is 11.8 Å². The van der Waals surface area contributed by atoms with Gasteiger partial charge in [-0.25, -0.2) is 0 Å². The molecule has 0 amide bonds. The van der Waals surface area contributed by atoms with E-state index in [2.05, 4.69) is 34.8 Å². The molecule has 0 aliphatic carbocycles. The topological polar surface area (TPSA) is 114 Å². The van der Waals surface area contributed by atoms with Gasteiger partial charge in [-0.1, -0.05) is 19.9 Å². The van der Waals surface area contributed by atoms with Crippen LogP contribution in [0.2, 0.25) is 0 Å². The SMILES string of the molecule is CO[C@@H]1C[C@@H](C)CN(C)[C@H](C2CN(Cc3cccnc3)C2)COC(=O)C(C)(C)C(=O)[C@H](C)[C@H]1O[C@@H]1O[C@H](C)C[C@H](N(C)C)[C@H]1O. The normalized spacial score (nSPS) is 36.5. The van der Waals surface area contributed by atoms with Crippen LogP contribution in [0, 0.1) is 23.2 Å². The number of pyridine rings is 1. The van der Waals surface area contributed by atoms with Gasteiger partial charge in [-0.15, -0.1) is 0 Å². The number of ketones is 1. The summed E-state index contributed by atoms with van der Waals surface area (Å²) in [6, 6.07) is 3.88. The Morgan fingerprint density at radius 2 is 1.84 bits per heavy atom. The summed E-state index contributed by atoms with van der Waals surface area (Å²) < 4.78 is 24.6. The van der Waals surface area contributed by atoms with E-state index in [9.17, 15) is 14.7 Å². The van der Waals surface area contributed by atoms with Gasteiger partial charge in [-0.2, -0.15) is 0 Å². The zero-order chi connectivity index (χ0) is 33.1. The highest BCUT2D eigenvalue weighted by Crippen LogP contribution is 2.34. The lowest BCUT2D eigenvalue weighted by Crippen LogP contribution is -2.57. The summed E-state index contributed by atoms with van der Waals surface area (Å²) in [4.78, 5) is 38.5. The van der Waals surface area contributed by atoms with Gasteiger partial charge in [-0.3, -0.25) is 24.4 Å². The Kier molecular flexibility index (Phi) is 12.2. The van der Waals surface area contributed by atoms with Gasteiger partial charge in [0.25, 0.3) is 0 Å². The molecule has 0 aromatic carbocycles. The molecule has 1 aromatic heterocycles. The maximum atomic E-state index is 14.1. The number of Topliss-reactive ketones (excluding diaryl/α,β-unsaturated/α-hetero) is 1. The van der Waals surface area contributed by atoms with Crippen LogP contribution in [0.5, 0.6) is 0 Å². The van der Waals surface area contributed by atoms with Gasteiger partial charge < -0.3 is 29.0 Å². The number of rotatable bonds is 7. The molecule has 1 aromatic rings.